The van der Waals surface area contributed by atoms with Gasteiger partial charge in [0.2, 0.25) is 5.95 Å². The molecule has 0 saturated carbocycles. The lowest BCUT2D eigenvalue weighted by molar-refractivity contribution is -0.0488. The van der Waals surface area contributed by atoms with Crippen molar-refractivity contribution in [3.8, 4) is 34.7 Å². The number of hydrogen-bond acceptors (Lipinski definition) is 5. The Kier molecular flexibility index (Phi) is 4.91. The van der Waals surface area contributed by atoms with Crippen LogP contribution in [-0.2, 0) is 4.74 Å². The van der Waals surface area contributed by atoms with E-state index in [9.17, 15) is 4.39 Å². The third kappa shape index (κ3) is 3.65. The molecule has 1 aromatic heterocycles. The number of anilines is 1. The molecule has 6 heteroatoms. The Morgan fingerprint density at radius 2 is 1.67 bits per heavy atom. The van der Waals surface area contributed by atoms with Crippen molar-refractivity contribution in [3.63, 3.8) is 0 Å². The lowest BCUT2D eigenvalue weighted by Crippen LogP contribution is -2.58. The molecular weight excluding hydrogens is 379 g/mol. The molecule has 5 nitrogen and oxygen atoms in total. The number of nitrogens with zero attached hydrogens (tertiary/aromatic N) is 3. The van der Waals surface area contributed by atoms with E-state index in [4.69, 9.17) is 16.1 Å². The number of benzene rings is 2. The average Bonchev–Trinajstić information content (AvgIpc) is 2.79. The summed E-state index contributed by atoms with van der Waals surface area (Å²) >= 11 is 0. The summed E-state index contributed by atoms with van der Waals surface area (Å²) in [5, 5.41) is 3.40. The number of halogens is 1. The van der Waals surface area contributed by atoms with Crippen LogP contribution in [0.5, 0.6) is 0 Å². The summed E-state index contributed by atoms with van der Waals surface area (Å²) in [4.78, 5) is 11.8. The molecule has 2 bridgehead atoms. The van der Waals surface area contributed by atoms with Crippen LogP contribution in [0.2, 0.25) is 0 Å². The van der Waals surface area contributed by atoms with Crippen molar-refractivity contribution in [1.29, 1.82) is 0 Å². The van der Waals surface area contributed by atoms with Crippen molar-refractivity contribution in [1.82, 2.24) is 15.3 Å². The van der Waals surface area contributed by atoms with Crippen LogP contribution in [0.4, 0.5) is 10.3 Å². The van der Waals surface area contributed by atoms with Gasteiger partial charge in [0, 0.05) is 49.1 Å². The monoisotopic (exact) mass is 400 g/mol. The highest BCUT2D eigenvalue weighted by Gasteiger charge is 2.32. The van der Waals surface area contributed by atoms with Crippen LogP contribution in [0.15, 0.2) is 54.7 Å². The van der Waals surface area contributed by atoms with E-state index in [2.05, 4.69) is 21.1 Å². The van der Waals surface area contributed by atoms with Crippen LogP contribution in [-0.4, -0.2) is 48.4 Å². The standard InChI is InChI=1S/C24H21FN4O/c1-2-16-3-5-18(6-4-16)23-22(17-7-9-19(25)10-8-17)13-27-24(28-23)29-14-20-11-26-12-21(15-29)30-20/h1,3-10,13,20-21,26H,11-12,14-15H2. The van der Waals surface area contributed by atoms with Crippen molar-refractivity contribution in [3.05, 3.63) is 66.1 Å². The predicted octanol–water partition coefficient (Wildman–Crippen LogP) is 3.11. The second kappa shape index (κ2) is 7.86. The van der Waals surface area contributed by atoms with Crippen molar-refractivity contribution in [2.24, 2.45) is 0 Å². The van der Waals surface area contributed by atoms with Crippen molar-refractivity contribution < 1.29 is 9.13 Å². The molecular formula is C24H21FN4O. The van der Waals surface area contributed by atoms with E-state index in [1.807, 2.05) is 30.5 Å². The number of terminal acetylenes is 1. The number of hydrogen-bond donors (Lipinski definition) is 1. The normalized spacial score (nSPS) is 20.6. The molecule has 2 fully saturated rings. The minimum atomic E-state index is -0.273. The molecule has 0 aliphatic carbocycles. The highest BCUT2D eigenvalue weighted by Crippen LogP contribution is 2.32. The molecule has 0 radical (unpaired) electrons. The number of fused-ring (bicyclic) bond motifs is 2. The molecule has 2 aliphatic heterocycles. The Hall–Kier alpha value is -3.27. The predicted molar refractivity (Wildman–Crippen MR) is 115 cm³/mol. The molecule has 2 saturated heterocycles. The fourth-order valence-corrected chi connectivity index (χ4v) is 4.03. The van der Waals surface area contributed by atoms with Gasteiger partial charge in [0.1, 0.15) is 5.82 Å². The van der Waals surface area contributed by atoms with Gasteiger partial charge in [-0.2, -0.15) is 0 Å². The summed E-state index contributed by atoms with van der Waals surface area (Å²) in [7, 11) is 0. The van der Waals surface area contributed by atoms with E-state index in [1.54, 1.807) is 12.1 Å². The van der Waals surface area contributed by atoms with Gasteiger partial charge in [0.15, 0.2) is 0 Å². The molecule has 2 aromatic carbocycles. The Morgan fingerprint density at radius 3 is 2.33 bits per heavy atom. The van der Waals surface area contributed by atoms with E-state index in [0.717, 1.165) is 54.1 Å². The van der Waals surface area contributed by atoms with Gasteiger partial charge in [-0.25, -0.2) is 14.4 Å². The molecule has 5 rings (SSSR count). The highest BCUT2D eigenvalue weighted by atomic mass is 19.1. The first kappa shape index (κ1) is 18.7. The first-order valence-electron chi connectivity index (χ1n) is 10.0. The molecule has 3 heterocycles. The van der Waals surface area contributed by atoms with E-state index < -0.39 is 0 Å². The van der Waals surface area contributed by atoms with Gasteiger partial charge >= 0.3 is 0 Å². The number of nitrogens with one attached hydrogen (secondary N) is 1. The molecule has 2 atom stereocenters. The second-order valence-corrected chi connectivity index (χ2v) is 7.60. The number of morpholine rings is 2. The summed E-state index contributed by atoms with van der Waals surface area (Å²) in [6, 6.07) is 14.1. The third-order valence-corrected chi connectivity index (χ3v) is 5.52. The van der Waals surface area contributed by atoms with Gasteiger partial charge in [-0.3, -0.25) is 0 Å². The lowest BCUT2D eigenvalue weighted by atomic mass is 10.00. The number of rotatable bonds is 3. The van der Waals surface area contributed by atoms with Crippen LogP contribution in [0.1, 0.15) is 5.56 Å². The largest absolute Gasteiger partial charge is 0.369 e. The van der Waals surface area contributed by atoms with Crippen LogP contribution in [0.25, 0.3) is 22.4 Å². The average molecular weight is 400 g/mol. The van der Waals surface area contributed by atoms with Crippen molar-refractivity contribution in [2.45, 2.75) is 12.2 Å². The summed E-state index contributed by atoms with van der Waals surface area (Å²) in [6.45, 7) is 3.16. The molecule has 2 unspecified atom stereocenters. The fourth-order valence-electron chi connectivity index (χ4n) is 4.03. The Labute approximate surface area is 174 Å². The molecule has 0 amide bonds. The summed E-state index contributed by atoms with van der Waals surface area (Å²) in [6.07, 6.45) is 7.60. The molecule has 3 aromatic rings. The number of ether oxygens (including phenoxy) is 1. The number of aromatic nitrogens is 2. The maximum Gasteiger partial charge on any atom is 0.226 e. The summed E-state index contributed by atoms with van der Waals surface area (Å²) < 4.78 is 19.5. The van der Waals surface area contributed by atoms with E-state index in [-0.39, 0.29) is 18.0 Å². The van der Waals surface area contributed by atoms with Gasteiger partial charge in [0.05, 0.1) is 17.9 Å². The Bertz CT molecular complexity index is 1080. The topological polar surface area (TPSA) is 50.3 Å². The molecule has 150 valence electrons. The maximum atomic E-state index is 13.5. The fraction of sp³-hybridized carbons (Fsp3) is 0.250. The Balaban J connectivity index is 1.57. The Morgan fingerprint density at radius 1 is 1.00 bits per heavy atom. The van der Waals surface area contributed by atoms with E-state index in [0.29, 0.717) is 5.95 Å². The first-order valence-corrected chi connectivity index (χ1v) is 10.0. The molecule has 30 heavy (non-hydrogen) atoms. The SMILES string of the molecule is C#Cc1ccc(-c2nc(N3CC4CNCC(C3)O4)ncc2-c2ccc(F)cc2)cc1. The quantitative estimate of drug-likeness (QED) is 0.685. The zero-order valence-electron chi connectivity index (χ0n) is 16.4. The van der Waals surface area contributed by atoms with Gasteiger partial charge < -0.3 is 15.0 Å². The second-order valence-electron chi connectivity index (χ2n) is 7.60. The van der Waals surface area contributed by atoms with Gasteiger partial charge in [-0.15, -0.1) is 6.42 Å². The minimum Gasteiger partial charge on any atom is -0.369 e. The van der Waals surface area contributed by atoms with E-state index >= 15 is 0 Å². The third-order valence-electron chi connectivity index (χ3n) is 5.52. The zero-order valence-corrected chi connectivity index (χ0v) is 16.4. The van der Waals surface area contributed by atoms with Gasteiger partial charge in [-0.1, -0.05) is 30.2 Å². The van der Waals surface area contributed by atoms with Gasteiger partial charge in [-0.05, 0) is 29.8 Å². The van der Waals surface area contributed by atoms with Crippen molar-refractivity contribution in [2.75, 3.05) is 31.1 Å². The highest BCUT2D eigenvalue weighted by molar-refractivity contribution is 5.81. The molecule has 0 spiro atoms. The molecule has 1 N–H and O–H groups in total. The van der Waals surface area contributed by atoms with E-state index in [1.165, 1.54) is 12.1 Å². The lowest BCUT2D eigenvalue weighted by Gasteiger charge is -2.41. The van der Waals surface area contributed by atoms with Crippen LogP contribution in [0.3, 0.4) is 0 Å². The summed E-state index contributed by atoms with van der Waals surface area (Å²) in [5.41, 5.74) is 4.26. The van der Waals surface area contributed by atoms with Crippen LogP contribution in [0, 0.1) is 18.2 Å². The van der Waals surface area contributed by atoms with Crippen LogP contribution < -0.4 is 10.2 Å². The molecule has 2 aliphatic rings. The zero-order chi connectivity index (χ0) is 20.5. The summed E-state index contributed by atoms with van der Waals surface area (Å²) in [5.74, 6) is 3.05. The van der Waals surface area contributed by atoms with Crippen molar-refractivity contribution >= 4 is 5.95 Å². The first-order chi connectivity index (χ1) is 14.7. The maximum absolute atomic E-state index is 13.5. The minimum absolute atomic E-state index is 0.135. The smallest absolute Gasteiger partial charge is 0.226 e. The van der Waals surface area contributed by atoms with Gasteiger partial charge in [0.25, 0.3) is 0 Å². The van der Waals surface area contributed by atoms with Crippen LogP contribution >= 0.6 is 0 Å².